The van der Waals surface area contributed by atoms with E-state index in [0.717, 1.165) is 4.47 Å². The van der Waals surface area contributed by atoms with Crippen molar-refractivity contribution in [2.75, 3.05) is 5.32 Å². The van der Waals surface area contributed by atoms with Crippen LogP contribution in [0.4, 0.5) is 14.5 Å². The molecule has 0 aliphatic heterocycles. The lowest BCUT2D eigenvalue weighted by Gasteiger charge is -2.09. The van der Waals surface area contributed by atoms with Gasteiger partial charge in [-0.1, -0.05) is 6.07 Å². The smallest absolute Gasteiger partial charge is 0.387 e. The second-order valence-corrected chi connectivity index (χ2v) is 5.11. The molecule has 21 heavy (non-hydrogen) atoms. The van der Waals surface area contributed by atoms with Crippen molar-refractivity contribution >= 4 is 27.5 Å². The van der Waals surface area contributed by atoms with Gasteiger partial charge in [0.2, 0.25) is 0 Å². The Hall–Kier alpha value is -1.89. The van der Waals surface area contributed by atoms with Crippen molar-refractivity contribution < 1.29 is 18.3 Å². The molecule has 0 aliphatic rings. The number of benzene rings is 1. The molecule has 0 atom stereocenters. The average molecular weight is 359 g/mol. The van der Waals surface area contributed by atoms with E-state index in [0.29, 0.717) is 17.9 Å². The minimum atomic E-state index is -2.90. The Labute approximate surface area is 128 Å². The number of amides is 1. The molecule has 0 fully saturated rings. The van der Waals surface area contributed by atoms with Crippen LogP contribution < -0.4 is 10.1 Å². The van der Waals surface area contributed by atoms with Crippen molar-refractivity contribution in [1.82, 2.24) is 4.57 Å². The number of nitrogens with one attached hydrogen (secondary N) is 1. The number of carbonyl (C=O) groups is 1. The summed E-state index contributed by atoms with van der Waals surface area (Å²) in [6, 6.07) is 7.57. The maximum atomic E-state index is 12.2. The van der Waals surface area contributed by atoms with E-state index in [1.165, 1.54) is 18.2 Å². The highest BCUT2D eigenvalue weighted by molar-refractivity contribution is 9.10. The van der Waals surface area contributed by atoms with E-state index >= 15 is 0 Å². The van der Waals surface area contributed by atoms with Crippen LogP contribution in [-0.4, -0.2) is 17.1 Å². The van der Waals surface area contributed by atoms with Gasteiger partial charge in [-0.3, -0.25) is 4.79 Å². The molecule has 7 heteroatoms. The average Bonchev–Trinajstić information content (AvgIpc) is 2.79. The summed E-state index contributed by atoms with van der Waals surface area (Å²) in [6.07, 6.45) is 1.80. The highest BCUT2D eigenvalue weighted by Crippen LogP contribution is 2.21. The molecule has 0 radical (unpaired) electrons. The Morgan fingerprint density at radius 1 is 1.43 bits per heavy atom. The van der Waals surface area contributed by atoms with Gasteiger partial charge in [0.15, 0.2) is 0 Å². The van der Waals surface area contributed by atoms with E-state index in [4.69, 9.17) is 0 Å². The molecular formula is C14H13BrF2N2O2. The number of hydrogen-bond acceptors (Lipinski definition) is 2. The van der Waals surface area contributed by atoms with Gasteiger partial charge in [0.1, 0.15) is 11.4 Å². The maximum Gasteiger partial charge on any atom is 0.387 e. The molecule has 2 aromatic rings. The molecule has 2 rings (SSSR count). The van der Waals surface area contributed by atoms with Gasteiger partial charge >= 0.3 is 6.61 Å². The van der Waals surface area contributed by atoms with Crippen LogP contribution in [0.15, 0.2) is 41.0 Å². The normalized spacial score (nSPS) is 10.7. The minimum Gasteiger partial charge on any atom is -0.435 e. The van der Waals surface area contributed by atoms with Crippen LogP contribution in [0.5, 0.6) is 5.75 Å². The molecule has 0 spiro atoms. The molecular weight excluding hydrogens is 346 g/mol. The topological polar surface area (TPSA) is 43.3 Å². The molecule has 0 saturated carbocycles. The van der Waals surface area contributed by atoms with Crippen LogP contribution >= 0.6 is 15.9 Å². The van der Waals surface area contributed by atoms with Crippen molar-refractivity contribution in [2.24, 2.45) is 0 Å². The highest BCUT2D eigenvalue weighted by Gasteiger charge is 2.13. The quantitative estimate of drug-likeness (QED) is 0.873. The van der Waals surface area contributed by atoms with Crippen LogP contribution in [0, 0.1) is 0 Å². The van der Waals surface area contributed by atoms with E-state index < -0.39 is 6.61 Å². The van der Waals surface area contributed by atoms with Gasteiger partial charge in [-0.05, 0) is 41.1 Å². The number of aromatic nitrogens is 1. The van der Waals surface area contributed by atoms with Crippen LogP contribution in [-0.2, 0) is 6.54 Å². The number of hydrogen-bond donors (Lipinski definition) is 1. The molecule has 0 saturated heterocycles. The fraction of sp³-hybridized carbons (Fsp3) is 0.214. The van der Waals surface area contributed by atoms with Crippen LogP contribution in [0.3, 0.4) is 0 Å². The first-order valence-electron chi connectivity index (χ1n) is 6.21. The fourth-order valence-corrected chi connectivity index (χ4v) is 2.34. The Balaban J connectivity index is 2.15. The molecule has 0 unspecified atom stereocenters. The van der Waals surface area contributed by atoms with Crippen LogP contribution in [0.25, 0.3) is 0 Å². The van der Waals surface area contributed by atoms with Gasteiger partial charge in [-0.15, -0.1) is 0 Å². The van der Waals surface area contributed by atoms with E-state index in [2.05, 4.69) is 26.0 Å². The fourth-order valence-electron chi connectivity index (χ4n) is 1.87. The zero-order valence-corrected chi connectivity index (χ0v) is 12.7. The van der Waals surface area contributed by atoms with Crippen molar-refractivity contribution in [3.63, 3.8) is 0 Å². The number of carbonyl (C=O) groups excluding carboxylic acids is 1. The molecule has 112 valence electrons. The minimum absolute atomic E-state index is 0.00476. The molecule has 0 aliphatic carbocycles. The summed E-state index contributed by atoms with van der Waals surface area (Å²) in [7, 11) is 0. The SMILES string of the molecule is CCn1cc(Br)cc1C(=O)Nc1cccc(OC(F)F)c1. The lowest BCUT2D eigenvalue weighted by molar-refractivity contribution is -0.0497. The van der Waals surface area contributed by atoms with Crippen molar-refractivity contribution in [2.45, 2.75) is 20.1 Å². The number of alkyl halides is 2. The number of halogens is 3. The van der Waals surface area contributed by atoms with E-state index in [1.54, 1.807) is 22.9 Å². The first-order chi connectivity index (χ1) is 9.99. The van der Waals surface area contributed by atoms with Gasteiger partial charge in [0, 0.05) is 29.0 Å². The molecule has 1 aromatic carbocycles. The number of rotatable bonds is 5. The van der Waals surface area contributed by atoms with E-state index in [-0.39, 0.29) is 11.7 Å². The lowest BCUT2D eigenvalue weighted by Crippen LogP contribution is -2.16. The van der Waals surface area contributed by atoms with Crippen LogP contribution in [0.1, 0.15) is 17.4 Å². The highest BCUT2D eigenvalue weighted by atomic mass is 79.9. The molecule has 1 amide bonds. The molecule has 0 bridgehead atoms. The molecule has 1 aromatic heterocycles. The second-order valence-electron chi connectivity index (χ2n) is 4.19. The third kappa shape index (κ3) is 4.04. The van der Waals surface area contributed by atoms with Crippen molar-refractivity contribution in [3.8, 4) is 5.75 Å². The first kappa shape index (κ1) is 15.5. The van der Waals surface area contributed by atoms with Crippen molar-refractivity contribution in [3.05, 3.63) is 46.7 Å². The standard InChI is InChI=1S/C14H13BrF2N2O2/c1-2-19-8-9(15)6-12(19)13(20)18-10-4-3-5-11(7-10)21-14(16)17/h3-8,14H,2H2,1H3,(H,18,20). The predicted octanol–water partition coefficient (Wildman–Crippen LogP) is 4.12. The number of nitrogens with zero attached hydrogens (tertiary/aromatic N) is 1. The maximum absolute atomic E-state index is 12.2. The number of aryl methyl sites for hydroxylation is 1. The number of ether oxygens (including phenoxy) is 1. The first-order valence-corrected chi connectivity index (χ1v) is 7.00. The summed E-state index contributed by atoms with van der Waals surface area (Å²) in [5, 5.41) is 2.65. The molecule has 1 heterocycles. The van der Waals surface area contributed by atoms with Gasteiger partial charge in [-0.2, -0.15) is 8.78 Å². The summed E-state index contributed by atoms with van der Waals surface area (Å²) >= 11 is 3.31. The van der Waals surface area contributed by atoms with Gasteiger partial charge in [0.25, 0.3) is 5.91 Å². The lowest BCUT2D eigenvalue weighted by atomic mass is 10.3. The van der Waals surface area contributed by atoms with Crippen molar-refractivity contribution in [1.29, 1.82) is 0 Å². The molecule has 1 N–H and O–H groups in total. The largest absolute Gasteiger partial charge is 0.435 e. The summed E-state index contributed by atoms with van der Waals surface area (Å²) in [4.78, 5) is 12.2. The van der Waals surface area contributed by atoms with Gasteiger partial charge in [-0.25, -0.2) is 0 Å². The predicted molar refractivity (Wildman–Crippen MR) is 78.8 cm³/mol. The summed E-state index contributed by atoms with van der Waals surface area (Å²) in [6.45, 7) is -0.340. The summed E-state index contributed by atoms with van der Waals surface area (Å²) < 4.78 is 31.2. The van der Waals surface area contributed by atoms with Crippen LogP contribution in [0.2, 0.25) is 0 Å². The summed E-state index contributed by atoms with van der Waals surface area (Å²) in [5.74, 6) is -0.327. The summed E-state index contributed by atoms with van der Waals surface area (Å²) in [5.41, 5.74) is 0.864. The Morgan fingerprint density at radius 2 is 2.19 bits per heavy atom. The number of anilines is 1. The Kier molecular flexibility index (Phi) is 4.95. The zero-order chi connectivity index (χ0) is 15.4. The van der Waals surface area contributed by atoms with Gasteiger partial charge in [0.05, 0.1) is 0 Å². The molecule has 4 nitrogen and oxygen atoms in total. The third-order valence-electron chi connectivity index (χ3n) is 2.75. The van der Waals surface area contributed by atoms with Gasteiger partial charge < -0.3 is 14.6 Å². The third-order valence-corrected chi connectivity index (χ3v) is 3.19. The second kappa shape index (κ2) is 6.71. The Bertz CT molecular complexity index is 644. The monoisotopic (exact) mass is 358 g/mol. The van der Waals surface area contributed by atoms with E-state index in [9.17, 15) is 13.6 Å². The van der Waals surface area contributed by atoms with E-state index in [1.807, 2.05) is 6.92 Å². The zero-order valence-electron chi connectivity index (χ0n) is 11.1. The Morgan fingerprint density at radius 3 is 2.86 bits per heavy atom.